The van der Waals surface area contributed by atoms with Gasteiger partial charge in [-0.2, -0.15) is 0 Å². The highest BCUT2D eigenvalue weighted by molar-refractivity contribution is 5.86. The van der Waals surface area contributed by atoms with Crippen molar-refractivity contribution in [2.75, 3.05) is 0 Å². The lowest BCUT2D eigenvalue weighted by molar-refractivity contribution is -0.122. The number of hydrogen-bond acceptors (Lipinski definition) is 2. The number of amides is 1. The molecule has 0 heterocycles. The van der Waals surface area contributed by atoms with Gasteiger partial charge >= 0.3 is 0 Å². The number of carbonyl (C=O) groups excluding carboxylic acids is 1. The van der Waals surface area contributed by atoms with Crippen LogP contribution in [0.15, 0.2) is 42.5 Å². The molecule has 0 aliphatic rings. The first-order valence-electron chi connectivity index (χ1n) is 6.72. The van der Waals surface area contributed by atoms with E-state index in [9.17, 15) is 4.79 Å². The first-order valence-corrected chi connectivity index (χ1v) is 6.72. The third-order valence-electron chi connectivity index (χ3n) is 3.27. The van der Waals surface area contributed by atoms with Crippen LogP contribution >= 0.6 is 0 Å². The Morgan fingerprint density at radius 3 is 2.74 bits per heavy atom. The van der Waals surface area contributed by atoms with Crippen molar-refractivity contribution < 1.29 is 4.79 Å². The predicted molar refractivity (Wildman–Crippen MR) is 78.7 cm³/mol. The van der Waals surface area contributed by atoms with E-state index < -0.39 is 6.04 Å². The topological polar surface area (TPSA) is 55.1 Å². The summed E-state index contributed by atoms with van der Waals surface area (Å²) < 4.78 is 0. The van der Waals surface area contributed by atoms with Crippen molar-refractivity contribution in [1.29, 1.82) is 0 Å². The average Bonchev–Trinajstić information content (AvgIpc) is 2.45. The minimum Gasteiger partial charge on any atom is -0.351 e. The van der Waals surface area contributed by atoms with E-state index in [1.807, 2.05) is 31.2 Å². The highest BCUT2D eigenvalue weighted by atomic mass is 16.2. The Labute approximate surface area is 113 Å². The molecule has 3 heteroatoms. The minimum absolute atomic E-state index is 0.0743. The van der Waals surface area contributed by atoms with Gasteiger partial charge in [0.2, 0.25) is 5.91 Å². The number of carbonyl (C=O) groups is 1. The van der Waals surface area contributed by atoms with Crippen LogP contribution in [0.5, 0.6) is 0 Å². The van der Waals surface area contributed by atoms with Gasteiger partial charge in [-0.1, -0.05) is 55.8 Å². The van der Waals surface area contributed by atoms with Crippen molar-refractivity contribution in [2.24, 2.45) is 5.73 Å². The summed E-state index contributed by atoms with van der Waals surface area (Å²) in [5.41, 5.74) is 6.91. The standard InChI is InChI=1S/C16H20N2O/c1-2-6-15(17)16(19)18-11-13-9-5-8-12-7-3-4-10-14(12)13/h3-5,7-10,15H,2,6,11,17H2,1H3,(H,18,19)/t15-/m0/s1. The Morgan fingerprint density at radius 1 is 1.21 bits per heavy atom. The van der Waals surface area contributed by atoms with Crippen LogP contribution < -0.4 is 11.1 Å². The number of hydrogen-bond donors (Lipinski definition) is 2. The van der Waals surface area contributed by atoms with E-state index in [4.69, 9.17) is 5.73 Å². The van der Waals surface area contributed by atoms with E-state index in [-0.39, 0.29) is 5.91 Å². The van der Waals surface area contributed by atoms with Gasteiger partial charge in [-0.25, -0.2) is 0 Å². The van der Waals surface area contributed by atoms with Crippen LogP contribution in [-0.4, -0.2) is 11.9 Å². The highest BCUT2D eigenvalue weighted by Gasteiger charge is 2.11. The summed E-state index contributed by atoms with van der Waals surface area (Å²) in [6, 6.07) is 13.9. The maximum absolute atomic E-state index is 11.8. The van der Waals surface area contributed by atoms with Crippen molar-refractivity contribution in [3.8, 4) is 0 Å². The van der Waals surface area contributed by atoms with E-state index in [2.05, 4.69) is 23.5 Å². The molecule has 0 spiro atoms. The summed E-state index contributed by atoms with van der Waals surface area (Å²) in [5, 5.41) is 5.27. The highest BCUT2D eigenvalue weighted by Crippen LogP contribution is 2.18. The van der Waals surface area contributed by atoms with Crippen LogP contribution in [-0.2, 0) is 11.3 Å². The Hall–Kier alpha value is -1.87. The lowest BCUT2D eigenvalue weighted by Crippen LogP contribution is -2.40. The fourth-order valence-corrected chi connectivity index (χ4v) is 2.20. The van der Waals surface area contributed by atoms with Gasteiger partial charge in [0.1, 0.15) is 0 Å². The molecule has 0 fully saturated rings. The molecule has 19 heavy (non-hydrogen) atoms. The van der Waals surface area contributed by atoms with Crippen molar-refractivity contribution in [1.82, 2.24) is 5.32 Å². The Morgan fingerprint density at radius 2 is 1.95 bits per heavy atom. The van der Waals surface area contributed by atoms with E-state index in [1.165, 1.54) is 10.8 Å². The molecule has 0 aliphatic carbocycles. The number of nitrogens with two attached hydrogens (primary N) is 1. The summed E-state index contributed by atoms with van der Waals surface area (Å²) in [6.07, 6.45) is 1.64. The Kier molecular flexibility index (Phi) is 4.53. The molecule has 2 aromatic carbocycles. The van der Waals surface area contributed by atoms with Gasteiger partial charge in [0.05, 0.1) is 6.04 Å². The van der Waals surface area contributed by atoms with E-state index in [0.717, 1.165) is 18.4 Å². The van der Waals surface area contributed by atoms with Gasteiger partial charge in [-0.15, -0.1) is 0 Å². The number of rotatable bonds is 5. The molecule has 1 amide bonds. The molecule has 2 rings (SSSR count). The van der Waals surface area contributed by atoms with Gasteiger partial charge < -0.3 is 11.1 Å². The molecule has 0 aliphatic heterocycles. The first-order chi connectivity index (χ1) is 9.22. The Balaban J connectivity index is 2.08. The monoisotopic (exact) mass is 256 g/mol. The van der Waals surface area contributed by atoms with E-state index >= 15 is 0 Å². The fraction of sp³-hybridized carbons (Fsp3) is 0.312. The molecule has 1 atom stereocenters. The van der Waals surface area contributed by atoms with E-state index in [1.54, 1.807) is 0 Å². The maximum Gasteiger partial charge on any atom is 0.237 e. The van der Waals surface area contributed by atoms with Crippen molar-refractivity contribution in [2.45, 2.75) is 32.4 Å². The van der Waals surface area contributed by atoms with Gasteiger partial charge in [-0.3, -0.25) is 4.79 Å². The predicted octanol–water partition coefficient (Wildman–Crippen LogP) is 2.58. The normalized spacial score (nSPS) is 12.3. The molecule has 0 radical (unpaired) electrons. The van der Waals surface area contributed by atoms with Gasteiger partial charge in [-0.05, 0) is 22.8 Å². The summed E-state index contributed by atoms with van der Waals surface area (Å²) in [4.78, 5) is 11.8. The molecular weight excluding hydrogens is 236 g/mol. The maximum atomic E-state index is 11.8. The van der Waals surface area contributed by atoms with Gasteiger partial charge in [0.15, 0.2) is 0 Å². The van der Waals surface area contributed by atoms with Crippen LogP contribution in [0.1, 0.15) is 25.3 Å². The number of benzene rings is 2. The molecule has 0 saturated heterocycles. The summed E-state index contributed by atoms with van der Waals surface area (Å²) >= 11 is 0. The summed E-state index contributed by atoms with van der Waals surface area (Å²) in [7, 11) is 0. The van der Waals surface area contributed by atoms with Crippen molar-refractivity contribution in [3.63, 3.8) is 0 Å². The van der Waals surface area contributed by atoms with Crippen LogP contribution in [0, 0.1) is 0 Å². The second-order valence-corrected chi connectivity index (χ2v) is 4.75. The van der Waals surface area contributed by atoms with Gasteiger partial charge in [0, 0.05) is 6.54 Å². The minimum atomic E-state index is -0.403. The summed E-state index contributed by atoms with van der Waals surface area (Å²) in [5.74, 6) is -0.0743. The molecular formula is C16H20N2O. The van der Waals surface area contributed by atoms with Crippen molar-refractivity contribution >= 4 is 16.7 Å². The lowest BCUT2D eigenvalue weighted by Gasteiger charge is -2.12. The molecule has 0 bridgehead atoms. The number of fused-ring (bicyclic) bond motifs is 1. The summed E-state index contributed by atoms with van der Waals surface area (Å²) in [6.45, 7) is 2.55. The average molecular weight is 256 g/mol. The van der Waals surface area contributed by atoms with E-state index in [0.29, 0.717) is 6.54 Å². The molecule has 0 unspecified atom stereocenters. The molecule has 3 N–H and O–H groups in total. The molecule has 0 aromatic heterocycles. The van der Waals surface area contributed by atoms with Crippen LogP contribution in [0.3, 0.4) is 0 Å². The quantitative estimate of drug-likeness (QED) is 0.864. The first kappa shape index (κ1) is 13.6. The van der Waals surface area contributed by atoms with Crippen LogP contribution in [0.4, 0.5) is 0 Å². The van der Waals surface area contributed by atoms with Crippen molar-refractivity contribution in [3.05, 3.63) is 48.0 Å². The second kappa shape index (κ2) is 6.34. The fourth-order valence-electron chi connectivity index (χ4n) is 2.20. The third-order valence-corrected chi connectivity index (χ3v) is 3.27. The van der Waals surface area contributed by atoms with Crippen LogP contribution in [0.2, 0.25) is 0 Å². The third kappa shape index (κ3) is 3.32. The molecule has 2 aromatic rings. The smallest absolute Gasteiger partial charge is 0.237 e. The zero-order valence-corrected chi connectivity index (χ0v) is 11.2. The Bertz CT molecular complexity index is 560. The van der Waals surface area contributed by atoms with Gasteiger partial charge in [0.25, 0.3) is 0 Å². The zero-order chi connectivity index (χ0) is 13.7. The second-order valence-electron chi connectivity index (χ2n) is 4.75. The largest absolute Gasteiger partial charge is 0.351 e. The lowest BCUT2D eigenvalue weighted by atomic mass is 10.0. The molecule has 0 saturated carbocycles. The molecule has 3 nitrogen and oxygen atoms in total. The zero-order valence-electron chi connectivity index (χ0n) is 11.2. The molecule has 100 valence electrons. The van der Waals surface area contributed by atoms with Crippen LogP contribution in [0.25, 0.3) is 10.8 Å². The SMILES string of the molecule is CCC[C@H](N)C(=O)NCc1cccc2ccccc12. The number of nitrogens with one attached hydrogen (secondary N) is 1.